The molecule has 5 nitrogen and oxygen atoms in total. The van der Waals surface area contributed by atoms with E-state index in [1.165, 1.54) is 5.56 Å². The predicted octanol–water partition coefficient (Wildman–Crippen LogP) is 1.10. The summed E-state index contributed by atoms with van der Waals surface area (Å²) in [5.41, 5.74) is 1.87. The molecule has 0 radical (unpaired) electrons. The number of hydrogen-bond donors (Lipinski definition) is 4. The summed E-state index contributed by atoms with van der Waals surface area (Å²) < 4.78 is 0. The van der Waals surface area contributed by atoms with Gasteiger partial charge in [-0.3, -0.25) is 4.79 Å². The van der Waals surface area contributed by atoms with Crippen LogP contribution in [0.25, 0.3) is 0 Å². The van der Waals surface area contributed by atoms with Gasteiger partial charge in [0.25, 0.3) is 0 Å². The van der Waals surface area contributed by atoms with Gasteiger partial charge in [0.1, 0.15) is 0 Å². The van der Waals surface area contributed by atoms with Gasteiger partial charge in [0, 0.05) is 12.6 Å². The molecule has 0 aliphatic rings. The molecule has 0 aliphatic carbocycles. The smallest absolute Gasteiger partial charge is 0.305 e. The summed E-state index contributed by atoms with van der Waals surface area (Å²) >= 11 is 0. The zero-order chi connectivity index (χ0) is 15.0. The van der Waals surface area contributed by atoms with Crippen molar-refractivity contribution in [1.82, 2.24) is 5.32 Å². The van der Waals surface area contributed by atoms with Crippen LogP contribution >= 0.6 is 0 Å². The summed E-state index contributed by atoms with van der Waals surface area (Å²) in [6.07, 6.45) is 0.402. The van der Waals surface area contributed by atoms with Crippen LogP contribution in [0.4, 0.5) is 0 Å². The highest BCUT2D eigenvalue weighted by Crippen LogP contribution is 2.20. The van der Waals surface area contributed by atoms with Gasteiger partial charge < -0.3 is 20.6 Å². The third kappa shape index (κ3) is 5.28. The first-order valence-electron chi connectivity index (χ1n) is 6.91. The Morgan fingerprint density at radius 2 is 1.95 bits per heavy atom. The third-order valence-corrected chi connectivity index (χ3v) is 3.25. The maximum Gasteiger partial charge on any atom is 0.305 e. The number of aliphatic hydroxyl groups excluding tert-OH is 2. The summed E-state index contributed by atoms with van der Waals surface area (Å²) in [5.74, 6) is -0.962. The Balaban J connectivity index is 2.73. The first kappa shape index (κ1) is 16.6. The molecule has 1 aromatic carbocycles. The van der Waals surface area contributed by atoms with Crippen LogP contribution in [0.5, 0.6) is 0 Å². The van der Waals surface area contributed by atoms with E-state index in [0.29, 0.717) is 18.5 Å². The topological polar surface area (TPSA) is 89.8 Å². The predicted molar refractivity (Wildman–Crippen MR) is 76.5 cm³/mol. The molecule has 4 N–H and O–H groups in total. The summed E-state index contributed by atoms with van der Waals surface area (Å²) in [6.45, 7) is 2.56. The van der Waals surface area contributed by atoms with Crippen molar-refractivity contribution in [1.29, 1.82) is 0 Å². The first-order valence-corrected chi connectivity index (χ1v) is 6.91. The average molecular weight is 281 g/mol. The van der Waals surface area contributed by atoms with Crippen molar-refractivity contribution in [3.63, 3.8) is 0 Å². The number of benzene rings is 1. The third-order valence-electron chi connectivity index (χ3n) is 3.25. The van der Waals surface area contributed by atoms with Gasteiger partial charge in [-0.25, -0.2) is 0 Å². The summed E-state index contributed by atoms with van der Waals surface area (Å²) in [4.78, 5) is 10.9. The Morgan fingerprint density at radius 3 is 2.45 bits per heavy atom. The standard InChI is InChI=1S/C15H23NO4/c1-2-11-4-6-12(7-5-11)15(20)13(10-14(18)19)16-8-3-9-17/h4-7,13,15-17,20H,2-3,8-10H2,1H3,(H,18,19). The van der Waals surface area contributed by atoms with Crippen molar-refractivity contribution in [2.45, 2.75) is 38.3 Å². The lowest BCUT2D eigenvalue weighted by molar-refractivity contribution is -0.138. The number of carbonyl (C=O) groups is 1. The molecule has 112 valence electrons. The summed E-state index contributed by atoms with van der Waals surface area (Å²) in [6, 6.07) is 6.96. The zero-order valence-electron chi connectivity index (χ0n) is 11.7. The lowest BCUT2D eigenvalue weighted by atomic mass is 9.98. The first-order chi connectivity index (χ1) is 9.58. The van der Waals surface area contributed by atoms with Gasteiger partial charge in [0.15, 0.2) is 0 Å². The molecule has 0 heterocycles. The largest absolute Gasteiger partial charge is 0.481 e. The maximum atomic E-state index is 10.9. The molecule has 0 fully saturated rings. The summed E-state index contributed by atoms with van der Waals surface area (Å²) in [5, 5.41) is 31.0. The van der Waals surface area contributed by atoms with Crippen molar-refractivity contribution in [3.05, 3.63) is 35.4 Å². The molecule has 1 aromatic rings. The Morgan fingerprint density at radius 1 is 1.30 bits per heavy atom. The normalized spacial score (nSPS) is 13.9. The number of hydrogen-bond acceptors (Lipinski definition) is 4. The molecule has 20 heavy (non-hydrogen) atoms. The number of aliphatic carboxylic acids is 1. The molecule has 2 atom stereocenters. The minimum Gasteiger partial charge on any atom is -0.481 e. The molecule has 0 bridgehead atoms. The SMILES string of the molecule is CCc1ccc(C(O)C(CC(=O)O)NCCCO)cc1. The summed E-state index contributed by atoms with van der Waals surface area (Å²) in [7, 11) is 0. The Bertz CT molecular complexity index is 405. The van der Waals surface area contributed by atoms with Gasteiger partial charge in [0.05, 0.1) is 12.5 Å². The van der Waals surface area contributed by atoms with E-state index in [1.807, 2.05) is 24.3 Å². The minimum atomic E-state index is -0.962. The van der Waals surface area contributed by atoms with Crippen LogP contribution in [0.3, 0.4) is 0 Å². The molecule has 1 rings (SSSR count). The second-order valence-corrected chi connectivity index (χ2v) is 4.78. The molecule has 0 aromatic heterocycles. The Hall–Kier alpha value is -1.43. The Labute approximate surface area is 119 Å². The number of nitrogens with one attached hydrogen (secondary N) is 1. The van der Waals surface area contributed by atoms with Crippen LogP contribution in [0.15, 0.2) is 24.3 Å². The van der Waals surface area contributed by atoms with Gasteiger partial charge in [-0.2, -0.15) is 0 Å². The number of carboxylic acids is 1. The lowest BCUT2D eigenvalue weighted by Gasteiger charge is -2.23. The maximum absolute atomic E-state index is 10.9. The van der Waals surface area contributed by atoms with Gasteiger partial charge >= 0.3 is 5.97 Å². The van der Waals surface area contributed by atoms with Crippen LogP contribution in [0.1, 0.15) is 37.0 Å². The zero-order valence-corrected chi connectivity index (χ0v) is 11.7. The molecule has 0 saturated heterocycles. The van der Waals surface area contributed by atoms with E-state index in [2.05, 4.69) is 12.2 Å². The van der Waals surface area contributed by atoms with Crippen LogP contribution < -0.4 is 5.32 Å². The van der Waals surface area contributed by atoms with E-state index in [0.717, 1.165) is 6.42 Å². The molecule has 0 spiro atoms. The van der Waals surface area contributed by atoms with Gasteiger partial charge in [-0.15, -0.1) is 0 Å². The Kier molecular flexibility index (Phi) is 7.22. The van der Waals surface area contributed by atoms with Gasteiger partial charge in [0.2, 0.25) is 0 Å². The highest BCUT2D eigenvalue weighted by molar-refractivity contribution is 5.67. The second kappa shape index (κ2) is 8.68. The second-order valence-electron chi connectivity index (χ2n) is 4.78. The van der Waals surface area contributed by atoms with E-state index < -0.39 is 18.1 Å². The van der Waals surface area contributed by atoms with E-state index in [1.54, 1.807) is 0 Å². The van der Waals surface area contributed by atoms with Crippen molar-refractivity contribution < 1.29 is 20.1 Å². The fraction of sp³-hybridized carbons (Fsp3) is 0.533. The molecule has 0 amide bonds. The molecular weight excluding hydrogens is 258 g/mol. The molecule has 0 saturated carbocycles. The minimum absolute atomic E-state index is 0.0358. The molecule has 2 unspecified atom stereocenters. The van der Waals surface area contributed by atoms with Crippen LogP contribution in [0, 0.1) is 0 Å². The van der Waals surface area contributed by atoms with Gasteiger partial charge in [-0.1, -0.05) is 31.2 Å². The van der Waals surface area contributed by atoms with Gasteiger partial charge in [-0.05, 0) is 30.5 Å². The van der Waals surface area contributed by atoms with Crippen molar-refractivity contribution in [2.24, 2.45) is 0 Å². The number of carboxylic acid groups (broad SMARTS) is 1. The van der Waals surface area contributed by atoms with Crippen LogP contribution in [-0.2, 0) is 11.2 Å². The van der Waals surface area contributed by atoms with Crippen molar-refractivity contribution in [2.75, 3.05) is 13.2 Å². The van der Waals surface area contributed by atoms with E-state index in [9.17, 15) is 9.90 Å². The number of aliphatic hydroxyl groups is 2. The van der Waals surface area contributed by atoms with Crippen molar-refractivity contribution in [3.8, 4) is 0 Å². The van der Waals surface area contributed by atoms with Crippen molar-refractivity contribution >= 4 is 5.97 Å². The van der Waals surface area contributed by atoms with E-state index >= 15 is 0 Å². The monoisotopic (exact) mass is 281 g/mol. The van der Waals surface area contributed by atoms with Crippen LogP contribution in [0.2, 0.25) is 0 Å². The molecule has 0 aliphatic heterocycles. The van der Waals surface area contributed by atoms with E-state index in [-0.39, 0.29) is 13.0 Å². The fourth-order valence-electron chi connectivity index (χ4n) is 2.03. The quantitative estimate of drug-likeness (QED) is 0.509. The van der Waals surface area contributed by atoms with E-state index in [4.69, 9.17) is 10.2 Å². The lowest BCUT2D eigenvalue weighted by Crippen LogP contribution is -2.37. The fourth-order valence-corrected chi connectivity index (χ4v) is 2.03. The highest BCUT2D eigenvalue weighted by Gasteiger charge is 2.22. The molecule has 5 heteroatoms. The average Bonchev–Trinajstić information content (AvgIpc) is 2.45. The van der Waals surface area contributed by atoms with Crippen LogP contribution in [-0.4, -0.2) is 40.5 Å². The number of rotatable bonds is 9. The molecular formula is C15H23NO4. The number of aryl methyl sites for hydroxylation is 1. The highest BCUT2D eigenvalue weighted by atomic mass is 16.4.